The number of nitrogens with one attached hydrogen (secondary N) is 1. The molecule has 4 nitrogen and oxygen atoms in total. The normalized spacial score (nSPS) is 13.7. The second-order valence-electron chi connectivity index (χ2n) is 4.62. The fraction of sp³-hybridized carbons (Fsp3) is 0.333. The Labute approximate surface area is 113 Å². The largest absolute Gasteiger partial charge is 0.493 e. The average Bonchev–Trinajstić information content (AvgIpc) is 2.47. The Morgan fingerprint density at radius 2 is 2.21 bits per heavy atom. The summed E-state index contributed by atoms with van der Waals surface area (Å²) in [7, 11) is 1.78. The van der Waals surface area contributed by atoms with Crippen LogP contribution in [0.1, 0.15) is 13.3 Å². The predicted molar refractivity (Wildman–Crippen MR) is 74.9 cm³/mol. The molecule has 0 saturated carbocycles. The van der Waals surface area contributed by atoms with E-state index >= 15 is 0 Å². The lowest BCUT2D eigenvalue weighted by Crippen LogP contribution is -2.39. The summed E-state index contributed by atoms with van der Waals surface area (Å²) in [5.74, 6) is 0.807. The quantitative estimate of drug-likeness (QED) is 0.891. The van der Waals surface area contributed by atoms with Gasteiger partial charge < -0.3 is 10.1 Å². The van der Waals surface area contributed by atoms with E-state index in [1.165, 1.54) is 0 Å². The van der Waals surface area contributed by atoms with E-state index in [0.29, 0.717) is 13.0 Å². The van der Waals surface area contributed by atoms with Crippen LogP contribution in [-0.4, -0.2) is 24.2 Å². The first-order chi connectivity index (χ1) is 9.18. The lowest BCUT2D eigenvalue weighted by atomic mass is 10.0. The van der Waals surface area contributed by atoms with Crippen molar-refractivity contribution in [2.75, 3.05) is 13.7 Å². The van der Waals surface area contributed by atoms with Gasteiger partial charge in [0.25, 0.3) is 0 Å². The zero-order valence-electron chi connectivity index (χ0n) is 11.2. The second-order valence-corrected chi connectivity index (χ2v) is 4.62. The van der Waals surface area contributed by atoms with E-state index < -0.39 is 5.54 Å². The number of benzene rings is 1. The molecule has 1 unspecified atom stereocenters. The molecule has 0 fully saturated rings. The van der Waals surface area contributed by atoms with Crippen LogP contribution >= 0.6 is 0 Å². The molecule has 1 aromatic heterocycles. The number of fused-ring (bicyclic) bond motifs is 1. The van der Waals surface area contributed by atoms with E-state index in [9.17, 15) is 0 Å². The lowest BCUT2D eigenvalue weighted by molar-refractivity contribution is 0.275. The fourth-order valence-corrected chi connectivity index (χ4v) is 1.80. The Morgan fingerprint density at radius 1 is 1.37 bits per heavy atom. The highest BCUT2D eigenvalue weighted by molar-refractivity contribution is 5.84. The first-order valence-corrected chi connectivity index (χ1v) is 6.25. The van der Waals surface area contributed by atoms with Gasteiger partial charge in [-0.15, -0.1) is 0 Å². The number of aromatic nitrogens is 1. The smallest absolute Gasteiger partial charge is 0.128 e. The van der Waals surface area contributed by atoms with Gasteiger partial charge in [-0.25, -0.2) is 0 Å². The van der Waals surface area contributed by atoms with Crippen LogP contribution in [0.5, 0.6) is 5.75 Å². The molecule has 0 saturated heterocycles. The molecule has 0 spiro atoms. The van der Waals surface area contributed by atoms with Crippen LogP contribution in [0.2, 0.25) is 0 Å². The summed E-state index contributed by atoms with van der Waals surface area (Å²) in [5, 5.41) is 13.1. The third-order valence-electron chi connectivity index (χ3n) is 3.26. The van der Waals surface area contributed by atoms with Crippen molar-refractivity contribution in [1.29, 1.82) is 5.26 Å². The first kappa shape index (κ1) is 13.3. The van der Waals surface area contributed by atoms with E-state index in [-0.39, 0.29) is 0 Å². The number of hydrogen-bond acceptors (Lipinski definition) is 4. The number of pyridine rings is 1. The van der Waals surface area contributed by atoms with Gasteiger partial charge in [0.2, 0.25) is 0 Å². The maximum atomic E-state index is 9.08. The highest BCUT2D eigenvalue weighted by Crippen LogP contribution is 2.24. The van der Waals surface area contributed by atoms with Gasteiger partial charge in [0.05, 0.1) is 18.2 Å². The van der Waals surface area contributed by atoms with E-state index in [1.807, 2.05) is 37.3 Å². The minimum atomic E-state index is -0.553. The highest BCUT2D eigenvalue weighted by Gasteiger charge is 2.20. The number of rotatable bonds is 5. The van der Waals surface area contributed by atoms with Crippen LogP contribution in [0.4, 0.5) is 0 Å². The van der Waals surface area contributed by atoms with Crippen LogP contribution in [-0.2, 0) is 0 Å². The molecular weight excluding hydrogens is 238 g/mol. The van der Waals surface area contributed by atoms with Gasteiger partial charge in [0, 0.05) is 18.0 Å². The van der Waals surface area contributed by atoms with Gasteiger partial charge in [0.15, 0.2) is 0 Å². The molecule has 1 N–H and O–H groups in total. The van der Waals surface area contributed by atoms with Gasteiger partial charge in [-0.05, 0) is 38.2 Å². The summed E-state index contributed by atoms with van der Waals surface area (Å²) in [5.41, 5.74) is 0.361. The Hall–Kier alpha value is -2.12. The summed E-state index contributed by atoms with van der Waals surface area (Å²) in [6, 6.07) is 11.9. The SMILES string of the molecule is CNC(C)(C#N)CCOc1cccc2ncccc12. The minimum Gasteiger partial charge on any atom is -0.493 e. The molecule has 0 aliphatic carbocycles. The maximum Gasteiger partial charge on any atom is 0.128 e. The lowest BCUT2D eigenvalue weighted by Gasteiger charge is -2.20. The van der Waals surface area contributed by atoms with Gasteiger partial charge >= 0.3 is 0 Å². The van der Waals surface area contributed by atoms with Crippen molar-refractivity contribution in [3.05, 3.63) is 36.5 Å². The summed E-state index contributed by atoms with van der Waals surface area (Å²) in [6.45, 7) is 2.35. The van der Waals surface area contributed by atoms with Crippen molar-refractivity contribution >= 4 is 10.9 Å². The maximum absolute atomic E-state index is 9.08. The van der Waals surface area contributed by atoms with Crippen LogP contribution < -0.4 is 10.1 Å². The molecule has 98 valence electrons. The highest BCUT2D eigenvalue weighted by atomic mass is 16.5. The van der Waals surface area contributed by atoms with Crippen molar-refractivity contribution in [3.8, 4) is 11.8 Å². The zero-order valence-corrected chi connectivity index (χ0v) is 11.2. The number of nitriles is 1. The second kappa shape index (κ2) is 5.68. The Kier molecular flexibility index (Phi) is 3.98. The van der Waals surface area contributed by atoms with Crippen LogP contribution in [0, 0.1) is 11.3 Å². The molecule has 1 atom stereocenters. The summed E-state index contributed by atoms with van der Waals surface area (Å²) < 4.78 is 5.79. The molecule has 0 aliphatic rings. The molecule has 19 heavy (non-hydrogen) atoms. The monoisotopic (exact) mass is 255 g/mol. The molecule has 2 rings (SSSR count). The van der Waals surface area contributed by atoms with Crippen LogP contribution in [0.3, 0.4) is 0 Å². The van der Waals surface area contributed by atoms with E-state index in [0.717, 1.165) is 16.7 Å². The molecule has 0 bridgehead atoms. The molecule has 1 heterocycles. The van der Waals surface area contributed by atoms with Crippen molar-refractivity contribution in [3.63, 3.8) is 0 Å². The molecular formula is C15H17N3O. The Balaban J connectivity index is 2.09. The zero-order chi connectivity index (χ0) is 13.7. The fourth-order valence-electron chi connectivity index (χ4n) is 1.80. The molecule has 0 aliphatic heterocycles. The predicted octanol–water partition coefficient (Wildman–Crippen LogP) is 2.51. The van der Waals surface area contributed by atoms with Gasteiger partial charge in [-0.1, -0.05) is 6.07 Å². The summed E-state index contributed by atoms with van der Waals surface area (Å²) in [6.07, 6.45) is 2.39. The first-order valence-electron chi connectivity index (χ1n) is 6.25. The minimum absolute atomic E-state index is 0.485. The Bertz CT molecular complexity index is 600. The van der Waals surface area contributed by atoms with Crippen molar-refractivity contribution in [2.24, 2.45) is 0 Å². The van der Waals surface area contributed by atoms with E-state index in [4.69, 9.17) is 10.00 Å². The summed E-state index contributed by atoms with van der Waals surface area (Å²) in [4.78, 5) is 4.29. The number of hydrogen-bond donors (Lipinski definition) is 1. The van der Waals surface area contributed by atoms with E-state index in [2.05, 4.69) is 16.4 Å². The molecule has 1 aromatic carbocycles. The van der Waals surface area contributed by atoms with Gasteiger partial charge in [-0.3, -0.25) is 4.98 Å². The topological polar surface area (TPSA) is 57.9 Å². The molecule has 4 heteroatoms. The molecule has 2 aromatic rings. The van der Waals surface area contributed by atoms with Crippen molar-refractivity contribution in [2.45, 2.75) is 18.9 Å². The standard InChI is InChI=1S/C15H17N3O/c1-15(11-16,17-2)8-10-19-14-7-3-6-13-12(14)5-4-9-18-13/h3-7,9,17H,8,10H2,1-2H3. The number of ether oxygens (including phenoxy) is 1. The number of nitrogens with zero attached hydrogens (tertiary/aromatic N) is 2. The third kappa shape index (κ3) is 3.01. The average molecular weight is 255 g/mol. The van der Waals surface area contributed by atoms with E-state index in [1.54, 1.807) is 13.2 Å². The molecule has 0 radical (unpaired) electrons. The van der Waals surface area contributed by atoms with Gasteiger partial charge in [-0.2, -0.15) is 5.26 Å². The van der Waals surface area contributed by atoms with Crippen LogP contribution in [0.25, 0.3) is 10.9 Å². The van der Waals surface area contributed by atoms with Crippen LogP contribution in [0.15, 0.2) is 36.5 Å². The van der Waals surface area contributed by atoms with Gasteiger partial charge in [0.1, 0.15) is 11.3 Å². The summed E-state index contributed by atoms with van der Waals surface area (Å²) >= 11 is 0. The van der Waals surface area contributed by atoms with Crippen molar-refractivity contribution < 1.29 is 4.74 Å². The third-order valence-corrected chi connectivity index (χ3v) is 3.26. The molecule has 0 amide bonds. The van der Waals surface area contributed by atoms with Crippen molar-refractivity contribution in [1.82, 2.24) is 10.3 Å². The Morgan fingerprint density at radius 3 is 2.95 bits per heavy atom.